The number of anilines is 1. The summed E-state index contributed by atoms with van der Waals surface area (Å²) in [6.07, 6.45) is 1.71. The van der Waals surface area contributed by atoms with Crippen LogP contribution in [-0.4, -0.2) is 4.98 Å². The molecule has 0 aliphatic rings. The first-order valence-electron chi connectivity index (χ1n) is 6.24. The summed E-state index contributed by atoms with van der Waals surface area (Å²) < 4.78 is 5.86. The number of rotatable bonds is 3. The van der Waals surface area contributed by atoms with Crippen molar-refractivity contribution in [2.75, 3.05) is 5.73 Å². The van der Waals surface area contributed by atoms with Crippen molar-refractivity contribution in [3.63, 3.8) is 0 Å². The van der Waals surface area contributed by atoms with Crippen molar-refractivity contribution >= 4 is 28.2 Å². The molecule has 0 radical (unpaired) electrons. The van der Waals surface area contributed by atoms with Crippen molar-refractivity contribution in [2.24, 2.45) is 0 Å². The average Bonchev–Trinajstić information content (AvgIpc) is 2.46. The van der Waals surface area contributed by atoms with Crippen LogP contribution in [0.15, 0.2) is 54.7 Å². The van der Waals surface area contributed by atoms with Crippen LogP contribution in [0.4, 0.5) is 5.69 Å². The number of benzene rings is 2. The van der Waals surface area contributed by atoms with Crippen LogP contribution in [0.3, 0.4) is 0 Å². The zero-order valence-electron chi connectivity index (χ0n) is 10.7. The molecule has 0 aliphatic carbocycles. The predicted octanol–water partition coefficient (Wildman–Crippen LogP) is 4.05. The molecule has 3 nitrogen and oxygen atoms in total. The second-order valence-corrected chi connectivity index (χ2v) is 4.87. The third-order valence-electron chi connectivity index (χ3n) is 3.07. The minimum Gasteiger partial charge on any atom is -0.488 e. The van der Waals surface area contributed by atoms with E-state index in [1.165, 1.54) is 0 Å². The molecule has 0 bridgehead atoms. The first-order valence-corrected chi connectivity index (χ1v) is 6.62. The predicted molar refractivity (Wildman–Crippen MR) is 81.9 cm³/mol. The highest BCUT2D eigenvalue weighted by Gasteiger charge is 2.05. The fourth-order valence-electron chi connectivity index (χ4n) is 2.04. The van der Waals surface area contributed by atoms with Gasteiger partial charge in [0.2, 0.25) is 0 Å². The second-order valence-electron chi connectivity index (χ2n) is 4.47. The van der Waals surface area contributed by atoms with Gasteiger partial charge in [-0.15, -0.1) is 0 Å². The Morgan fingerprint density at radius 2 is 1.95 bits per heavy atom. The molecule has 0 saturated carbocycles. The molecule has 0 fully saturated rings. The Morgan fingerprint density at radius 1 is 1.10 bits per heavy atom. The van der Waals surface area contributed by atoms with E-state index in [9.17, 15) is 0 Å². The summed E-state index contributed by atoms with van der Waals surface area (Å²) in [5.41, 5.74) is 8.22. The Morgan fingerprint density at radius 3 is 2.80 bits per heavy atom. The number of nitrogen functional groups attached to an aromatic ring is 1. The number of aromatic nitrogens is 1. The maximum atomic E-state index is 6.12. The van der Waals surface area contributed by atoms with Gasteiger partial charge in [0, 0.05) is 27.9 Å². The van der Waals surface area contributed by atoms with Gasteiger partial charge in [0.1, 0.15) is 12.4 Å². The van der Waals surface area contributed by atoms with Gasteiger partial charge in [-0.2, -0.15) is 0 Å². The lowest BCUT2D eigenvalue weighted by Crippen LogP contribution is -1.97. The monoisotopic (exact) mass is 284 g/mol. The molecule has 3 aromatic rings. The van der Waals surface area contributed by atoms with Crippen LogP contribution in [-0.2, 0) is 6.61 Å². The van der Waals surface area contributed by atoms with Gasteiger partial charge < -0.3 is 10.5 Å². The van der Waals surface area contributed by atoms with Crippen molar-refractivity contribution in [1.82, 2.24) is 4.98 Å². The number of fused-ring (bicyclic) bond motifs is 1. The number of nitrogens with zero attached hydrogens (tertiary/aromatic N) is 1. The smallest absolute Gasteiger partial charge is 0.130 e. The van der Waals surface area contributed by atoms with E-state index in [-0.39, 0.29) is 0 Å². The van der Waals surface area contributed by atoms with Gasteiger partial charge >= 0.3 is 0 Å². The van der Waals surface area contributed by atoms with Gasteiger partial charge in [0.25, 0.3) is 0 Å². The fraction of sp³-hybridized carbons (Fsp3) is 0.0625. The highest BCUT2D eigenvalue weighted by molar-refractivity contribution is 6.31. The number of ether oxygens (including phenoxy) is 1. The Labute approximate surface area is 122 Å². The van der Waals surface area contributed by atoms with Crippen LogP contribution in [0, 0.1) is 0 Å². The Bertz CT molecular complexity index is 758. The lowest BCUT2D eigenvalue weighted by atomic mass is 10.2. The summed E-state index contributed by atoms with van der Waals surface area (Å²) in [5.74, 6) is 0.773. The number of hydrogen-bond acceptors (Lipinski definition) is 3. The maximum absolute atomic E-state index is 6.12. The molecule has 0 saturated heterocycles. The molecule has 20 heavy (non-hydrogen) atoms. The first-order chi connectivity index (χ1) is 9.74. The molecule has 0 atom stereocenters. The zero-order chi connectivity index (χ0) is 13.9. The van der Waals surface area contributed by atoms with Gasteiger partial charge in [-0.05, 0) is 30.3 Å². The van der Waals surface area contributed by atoms with E-state index in [4.69, 9.17) is 22.1 Å². The molecule has 3 rings (SSSR count). The summed E-state index contributed by atoms with van der Waals surface area (Å²) in [4.78, 5) is 4.29. The summed E-state index contributed by atoms with van der Waals surface area (Å²) >= 11 is 6.12. The van der Waals surface area contributed by atoms with E-state index in [1.54, 1.807) is 6.20 Å². The van der Waals surface area contributed by atoms with Crippen molar-refractivity contribution in [3.05, 3.63) is 65.3 Å². The molecule has 1 heterocycles. The Hall–Kier alpha value is -2.26. The first kappa shape index (κ1) is 12.8. The van der Waals surface area contributed by atoms with Gasteiger partial charge in [-0.25, -0.2) is 0 Å². The summed E-state index contributed by atoms with van der Waals surface area (Å²) in [7, 11) is 0. The highest BCUT2D eigenvalue weighted by atomic mass is 35.5. The van der Waals surface area contributed by atoms with E-state index in [0.717, 1.165) is 22.2 Å². The van der Waals surface area contributed by atoms with Crippen molar-refractivity contribution in [1.29, 1.82) is 0 Å². The fourth-order valence-corrected chi connectivity index (χ4v) is 2.23. The standard InChI is InChI=1S/C16H13ClN2O/c17-14-4-2-1-3-11(14)10-20-16-7-8-19-15-9-12(18)5-6-13(15)16/h1-9H,10,18H2. The number of hydrogen-bond donors (Lipinski definition) is 1. The Balaban J connectivity index is 1.90. The van der Waals surface area contributed by atoms with Crippen molar-refractivity contribution in [3.8, 4) is 5.75 Å². The second kappa shape index (κ2) is 5.39. The molecule has 1 aromatic heterocycles. The molecule has 0 unspecified atom stereocenters. The molecular weight excluding hydrogens is 272 g/mol. The normalized spacial score (nSPS) is 10.7. The molecule has 2 N–H and O–H groups in total. The van der Waals surface area contributed by atoms with Crippen molar-refractivity contribution < 1.29 is 4.74 Å². The van der Waals surface area contributed by atoms with Gasteiger partial charge in [-0.3, -0.25) is 4.98 Å². The van der Waals surface area contributed by atoms with Crippen molar-refractivity contribution in [2.45, 2.75) is 6.61 Å². The van der Waals surface area contributed by atoms with E-state index in [1.807, 2.05) is 48.5 Å². The molecule has 0 amide bonds. The SMILES string of the molecule is Nc1ccc2c(OCc3ccccc3Cl)ccnc2c1. The zero-order valence-corrected chi connectivity index (χ0v) is 11.5. The van der Waals surface area contributed by atoms with E-state index >= 15 is 0 Å². The quantitative estimate of drug-likeness (QED) is 0.738. The third kappa shape index (κ3) is 2.53. The minimum atomic E-state index is 0.420. The van der Waals surface area contributed by atoms with Crippen LogP contribution in [0.1, 0.15) is 5.56 Å². The van der Waals surface area contributed by atoms with Crippen LogP contribution >= 0.6 is 11.6 Å². The topological polar surface area (TPSA) is 48.1 Å². The highest BCUT2D eigenvalue weighted by Crippen LogP contribution is 2.26. The van der Waals surface area contributed by atoms with Crippen LogP contribution in [0.25, 0.3) is 10.9 Å². The molecule has 2 aromatic carbocycles. The number of halogens is 1. The molecular formula is C16H13ClN2O. The lowest BCUT2D eigenvalue weighted by molar-refractivity contribution is 0.310. The van der Waals surface area contributed by atoms with Gasteiger partial charge in [0.15, 0.2) is 0 Å². The van der Waals surface area contributed by atoms with E-state index < -0.39 is 0 Å². The van der Waals surface area contributed by atoms with Gasteiger partial charge in [0.05, 0.1) is 5.52 Å². The molecule has 0 aliphatic heterocycles. The molecule has 0 spiro atoms. The minimum absolute atomic E-state index is 0.420. The van der Waals surface area contributed by atoms with Crippen LogP contribution in [0.2, 0.25) is 5.02 Å². The van der Waals surface area contributed by atoms with Crippen LogP contribution in [0.5, 0.6) is 5.75 Å². The largest absolute Gasteiger partial charge is 0.488 e. The van der Waals surface area contributed by atoms with E-state index in [2.05, 4.69) is 4.98 Å². The molecule has 100 valence electrons. The summed E-state index contributed by atoms with van der Waals surface area (Å²) in [6, 6.07) is 15.1. The summed E-state index contributed by atoms with van der Waals surface area (Å²) in [5, 5.41) is 1.64. The summed E-state index contributed by atoms with van der Waals surface area (Å²) in [6.45, 7) is 0.420. The third-order valence-corrected chi connectivity index (χ3v) is 3.44. The number of pyridine rings is 1. The van der Waals surface area contributed by atoms with Crippen LogP contribution < -0.4 is 10.5 Å². The molecule has 4 heteroatoms. The average molecular weight is 285 g/mol. The maximum Gasteiger partial charge on any atom is 0.130 e. The van der Waals surface area contributed by atoms with E-state index in [0.29, 0.717) is 17.3 Å². The van der Waals surface area contributed by atoms with Gasteiger partial charge in [-0.1, -0.05) is 29.8 Å². The lowest BCUT2D eigenvalue weighted by Gasteiger charge is -2.10. The number of nitrogens with two attached hydrogens (primary N) is 1. The Kier molecular flexibility index (Phi) is 3.44.